The summed E-state index contributed by atoms with van der Waals surface area (Å²) in [7, 11) is 0. The van der Waals surface area contributed by atoms with Gasteiger partial charge in [0, 0.05) is 5.54 Å². The normalized spacial score (nSPS) is 11.9. The highest BCUT2D eigenvalue weighted by Gasteiger charge is 2.22. The molecule has 0 spiro atoms. The van der Waals surface area contributed by atoms with Crippen LogP contribution in [-0.4, -0.2) is 15.5 Å². The summed E-state index contributed by atoms with van der Waals surface area (Å²) < 4.78 is 0. The molecule has 4 nitrogen and oxygen atoms in total. The summed E-state index contributed by atoms with van der Waals surface area (Å²) in [5, 5.41) is 4.20. The molecule has 1 aromatic heterocycles. The Morgan fingerprint density at radius 2 is 1.80 bits per heavy atom. The number of fused-ring (bicyclic) bond motifs is 1. The highest BCUT2D eigenvalue weighted by Crippen LogP contribution is 2.19. The number of aromatic nitrogens is 2. The minimum absolute atomic E-state index is 0.0671. The first-order valence-electron chi connectivity index (χ1n) is 7.37. The zero-order valence-corrected chi connectivity index (χ0v) is 12.5. The van der Waals surface area contributed by atoms with Gasteiger partial charge in [-0.2, -0.15) is 0 Å². The van der Waals surface area contributed by atoms with E-state index in [4.69, 9.17) is 0 Å². The van der Waals surface area contributed by atoms with Crippen LogP contribution in [0.5, 0.6) is 0 Å². The molecule has 0 aliphatic rings. The topological polar surface area (TPSA) is 57.8 Å². The van der Waals surface area contributed by atoms with Crippen LogP contribution >= 0.6 is 0 Å². The van der Waals surface area contributed by atoms with Crippen molar-refractivity contribution in [2.24, 2.45) is 0 Å². The van der Waals surface area contributed by atoms with Crippen molar-refractivity contribution in [2.75, 3.05) is 0 Å². The molecule has 0 amide bonds. The second-order valence-corrected chi connectivity index (χ2v) is 5.22. The summed E-state index contributed by atoms with van der Waals surface area (Å²) >= 11 is 0. The quantitative estimate of drug-likeness (QED) is 0.850. The van der Waals surface area contributed by atoms with E-state index in [-0.39, 0.29) is 11.1 Å². The van der Waals surface area contributed by atoms with Crippen molar-refractivity contribution in [3.63, 3.8) is 0 Å². The lowest BCUT2D eigenvalue weighted by Crippen LogP contribution is -2.43. The number of hydrogen-bond acceptors (Lipinski definition) is 3. The molecule has 4 heteroatoms. The van der Waals surface area contributed by atoms with Crippen molar-refractivity contribution in [3.8, 4) is 0 Å². The summed E-state index contributed by atoms with van der Waals surface area (Å²) in [6.07, 6.45) is 3.20. The number of para-hydroxylation sites is 1. The third kappa shape index (κ3) is 2.90. The smallest absolute Gasteiger partial charge is 0.258 e. The number of nitrogens with one attached hydrogen (secondary N) is 2. The van der Waals surface area contributed by atoms with Crippen molar-refractivity contribution in [3.05, 3.63) is 40.4 Å². The molecule has 0 fully saturated rings. The molecule has 0 bridgehead atoms. The Morgan fingerprint density at radius 3 is 2.45 bits per heavy atom. The number of H-pyrrole nitrogens is 1. The number of aromatic amines is 1. The minimum atomic E-state index is -0.0671. The van der Waals surface area contributed by atoms with E-state index in [0.717, 1.165) is 24.8 Å². The predicted octanol–water partition coefficient (Wildman–Crippen LogP) is 2.98. The summed E-state index contributed by atoms with van der Waals surface area (Å²) in [5.41, 5.74) is 0.815. The second kappa shape index (κ2) is 6.18. The molecule has 2 N–H and O–H groups in total. The van der Waals surface area contributed by atoms with Gasteiger partial charge in [0.05, 0.1) is 17.4 Å². The van der Waals surface area contributed by atoms with Crippen LogP contribution in [0.25, 0.3) is 10.9 Å². The molecule has 0 saturated heterocycles. The van der Waals surface area contributed by atoms with Crippen molar-refractivity contribution >= 4 is 10.9 Å². The van der Waals surface area contributed by atoms with Gasteiger partial charge in [0.25, 0.3) is 5.56 Å². The van der Waals surface area contributed by atoms with Gasteiger partial charge in [-0.1, -0.05) is 32.9 Å². The molecule has 108 valence electrons. The van der Waals surface area contributed by atoms with Gasteiger partial charge >= 0.3 is 0 Å². The lowest BCUT2D eigenvalue weighted by atomic mass is 9.90. The summed E-state index contributed by atoms with van der Waals surface area (Å²) in [5.74, 6) is 0.702. The van der Waals surface area contributed by atoms with Crippen molar-refractivity contribution in [1.29, 1.82) is 0 Å². The predicted molar refractivity (Wildman–Crippen MR) is 82.8 cm³/mol. The van der Waals surface area contributed by atoms with Gasteiger partial charge in [-0.05, 0) is 31.4 Å². The average Bonchev–Trinajstić information content (AvgIpc) is 2.49. The van der Waals surface area contributed by atoms with Gasteiger partial charge in [-0.15, -0.1) is 0 Å². The Balaban J connectivity index is 2.24. The molecule has 1 aromatic carbocycles. The lowest BCUT2D eigenvalue weighted by Gasteiger charge is -2.31. The molecule has 1 heterocycles. The Morgan fingerprint density at radius 1 is 1.15 bits per heavy atom. The summed E-state index contributed by atoms with van der Waals surface area (Å²) in [6.45, 7) is 7.17. The Labute approximate surface area is 119 Å². The van der Waals surface area contributed by atoms with Crippen LogP contribution in [0.4, 0.5) is 0 Å². The zero-order chi connectivity index (χ0) is 14.6. The first-order valence-corrected chi connectivity index (χ1v) is 7.37. The van der Waals surface area contributed by atoms with Gasteiger partial charge in [0.15, 0.2) is 0 Å². The van der Waals surface area contributed by atoms with Crippen molar-refractivity contribution in [1.82, 2.24) is 15.3 Å². The van der Waals surface area contributed by atoms with Crippen LogP contribution in [0.2, 0.25) is 0 Å². The standard InChI is InChI=1S/C16H23N3O/c1-4-16(5-2,6-3)17-11-14-18-13-10-8-7-9-12(13)15(20)19-14/h7-10,17H,4-6,11H2,1-3H3,(H,18,19,20). The minimum Gasteiger partial charge on any atom is -0.309 e. The summed E-state index contributed by atoms with van der Waals surface area (Å²) in [4.78, 5) is 19.4. The Kier molecular flexibility index (Phi) is 4.55. The van der Waals surface area contributed by atoms with Crippen molar-refractivity contribution < 1.29 is 0 Å². The first-order chi connectivity index (χ1) is 9.64. The molecule has 0 atom stereocenters. The zero-order valence-electron chi connectivity index (χ0n) is 12.5. The molecule has 0 unspecified atom stereocenters. The fourth-order valence-electron chi connectivity index (χ4n) is 2.61. The van der Waals surface area contributed by atoms with Crippen LogP contribution in [0.3, 0.4) is 0 Å². The SMILES string of the molecule is CCC(CC)(CC)NCc1nc2ccccc2c(=O)[nH]1. The fraction of sp³-hybridized carbons (Fsp3) is 0.500. The monoisotopic (exact) mass is 273 g/mol. The number of benzene rings is 1. The van der Waals surface area contributed by atoms with E-state index in [1.54, 1.807) is 6.07 Å². The van der Waals surface area contributed by atoms with Gasteiger partial charge < -0.3 is 10.3 Å². The lowest BCUT2D eigenvalue weighted by molar-refractivity contribution is 0.285. The average molecular weight is 273 g/mol. The first kappa shape index (κ1) is 14.7. The van der Waals surface area contributed by atoms with Crippen LogP contribution in [0, 0.1) is 0 Å². The van der Waals surface area contributed by atoms with Gasteiger partial charge in [-0.25, -0.2) is 4.98 Å². The molecular weight excluding hydrogens is 250 g/mol. The van der Waals surface area contributed by atoms with Gasteiger partial charge in [0.2, 0.25) is 0 Å². The maximum Gasteiger partial charge on any atom is 0.258 e. The highest BCUT2D eigenvalue weighted by molar-refractivity contribution is 5.77. The largest absolute Gasteiger partial charge is 0.309 e. The molecule has 0 aliphatic heterocycles. The molecule has 2 aromatic rings. The molecule has 0 saturated carbocycles. The number of hydrogen-bond donors (Lipinski definition) is 2. The summed E-state index contributed by atoms with van der Waals surface area (Å²) in [6, 6.07) is 7.43. The van der Waals surface area contributed by atoms with Gasteiger partial charge in [-0.3, -0.25) is 4.79 Å². The highest BCUT2D eigenvalue weighted by atomic mass is 16.1. The fourth-order valence-corrected chi connectivity index (χ4v) is 2.61. The van der Waals surface area contributed by atoms with Gasteiger partial charge in [0.1, 0.15) is 5.82 Å². The van der Waals surface area contributed by atoms with Crippen molar-refractivity contribution in [2.45, 2.75) is 52.1 Å². The Bertz CT molecular complexity index is 621. The maximum absolute atomic E-state index is 12.0. The van der Waals surface area contributed by atoms with Crippen LogP contribution in [0.15, 0.2) is 29.1 Å². The van der Waals surface area contributed by atoms with E-state index < -0.39 is 0 Å². The molecule has 20 heavy (non-hydrogen) atoms. The second-order valence-electron chi connectivity index (χ2n) is 5.22. The van der Waals surface area contributed by atoms with Crippen LogP contribution in [-0.2, 0) is 6.54 Å². The van der Waals surface area contributed by atoms with Crippen LogP contribution in [0.1, 0.15) is 45.9 Å². The van der Waals surface area contributed by atoms with E-state index >= 15 is 0 Å². The van der Waals surface area contributed by atoms with Crippen LogP contribution < -0.4 is 10.9 Å². The molecular formula is C16H23N3O. The third-order valence-electron chi connectivity index (χ3n) is 4.32. The van der Waals surface area contributed by atoms with E-state index in [1.165, 1.54) is 0 Å². The molecule has 2 rings (SSSR count). The van der Waals surface area contributed by atoms with E-state index in [1.807, 2.05) is 18.2 Å². The van der Waals surface area contributed by atoms with E-state index in [9.17, 15) is 4.79 Å². The Hall–Kier alpha value is -1.68. The van der Waals surface area contributed by atoms with E-state index in [2.05, 4.69) is 36.1 Å². The maximum atomic E-state index is 12.0. The molecule has 0 aliphatic carbocycles. The number of rotatable bonds is 6. The molecule has 0 radical (unpaired) electrons. The third-order valence-corrected chi connectivity index (χ3v) is 4.32. The van der Waals surface area contributed by atoms with E-state index in [0.29, 0.717) is 17.8 Å². The number of nitrogens with zero attached hydrogens (tertiary/aromatic N) is 1.